The average molecular weight is 392 g/mol. The lowest BCUT2D eigenvalue weighted by atomic mass is 10.00. The smallest absolute Gasteiger partial charge is 0.413 e. The SMILES string of the molecule is CCOC(=O)NC(=O)C1CCSC1NC(=O)C1CC(=O)c2ccccc2O1. The molecule has 0 spiro atoms. The van der Waals surface area contributed by atoms with Crippen LogP contribution in [0.15, 0.2) is 24.3 Å². The minimum atomic E-state index is -0.942. The number of carbonyl (C=O) groups excluding carboxylic acids is 4. The van der Waals surface area contributed by atoms with E-state index in [1.165, 1.54) is 11.8 Å². The van der Waals surface area contributed by atoms with Crippen LogP contribution >= 0.6 is 11.8 Å². The summed E-state index contributed by atoms with van der Waals surface area (Å²) in [6, 6.07) is 6.78. The van der Waals surface area contributed by atoms with Crippen LogP contribution in [0, 0.1) is 5.92 Å². The molecule has 27 heavy (non-hydrogen) atoms. The van der Waals surface area contributed by atoms with Gasteiger partial charge in [-0.25, -0.2) is 4.79 Å². The monoisotopic (exact) mass is 392 g/mol. The van der Waals surface area contributed by atoms with Crippen molar-refractivity contribution in [2.45, 2.75) is 31.2 Å². The molecular formula is C18H20N2O6S. The van der Waals surface area contributed by atoms with E-state index in [2.05, 4.69) is 10.6 Å². The Morgan fingerprint density at radius 1 is 1.26 bits per heavy atom. The van der Waals surface area contributed by atoms with Gasteiger partial charge in [0, 0.05) is 0 Å². The van der Waals surface area contributed by atoms with Gasteiger partial charge in [0.25, 0.3) is 5.91 Å². The first-order valence-electron chi connectivity index (χ1n) is 8.68. The van der Waals surface area contributed by atoms with E-state index in [0.29, 0.717) is 23.5 Å². The Bertz CT molecular complexity index is 768. The fraction of sp³-hybridized carbons (Fsp3) is 0.444. The van der Waals surface area contributed by atoms with Gasteiger partial charge in [-0.05, 0) is 31.2 Å². The summed E-state index contributed by atoms with van der Waals surface area (Å²) >= 11 is 1.41. The zero-order chi connectivity index (χ0) is 19.4. The fourth-order valence-electron chi connectivity index (χ4n) is 3.01. The normalized spacial score (nSPS) is 23.7. The van der Waals surface area contributed by atoms with Crippen molar-refractivity contribution in [1.29, 1.82) is 0 Å². The van der Waals surface area contributed by atoms with Crippen molar-refractivity contribution in [2.24, 2.45) is 5.92 Å². The number of alkyl carbamates (subject to hydrolysis) is 1. The van der Waals surface area contributed by atoms with E-state index in [1.54, 1.807) is 31.2 Å². The number of amides is 3. The Morgan fingerprint density at radius 3 is 2.81 bits per heavy atom. The Hall–Kier alpha value is -2.55. The molecule has 1 saturated heterocycles. The molecule has 144 valence electrons. The van der Waals surface area contributed by atoms with Crippen LogP contribution in [0.1, 0.15) is 30.1 Å². The minimum absolute atomic E-state index is 0.0556. The number of imide groups is 1. The number of ether oxygens (including phenoxy) is 2. The fourth-order valence-corrected chi connectivity index (χ4v) is 4.35. The highest BCUT2D eigenvalue weighted by molar-refractivity contribution is 8.00. The van der Waals surface area contributed by atoms with E-state index in [1.807, 2.05) is 0 Å². The van der Waals surface area contributed by atoms with Crippen LogP contribution in [0.2, 0.25) is 0 Å². The van der Waals surface area contributed by atoms with E-state index in [-0.39, 0.29) is 18.8 Å². The van der Waals surface area contributed by atoms with Gasteiger partial charge in [-0.15, -0.1) is 11.8 Å². The standard InChI is InChI=1S/C18H20N2O6S/c1-2-25-18(24)20-15(22)11-7-8-27-17(11)19-16(23)14-9-12(21)10-5-3-4-6-13(10)26-14/h3-6,11,14,17H,2,7-9H2,1H3,(H,19,23)(H,20,22,24). The maximum absolute atomic E-state index is 12.6. The van der Waals surface area contributed by atoms with Gasteiger partial charge in [-0.3, -0.25) is 19.7 Å². The molecule has 9 heteroatoms. The maximum atomic E-state index is 12.6. The number of thioether (sulfide) groups is 1. The highest BCUT2D eigenvalue weighted by Crippen LogP contribution is 2.32. The molecule has 1 aromatic carbocycles. The van der Waals surface area contributed by atoms with Crippen molar-refractivity contribution >= 4 is 35.5 Å². The van der Waals surface area contributed by atoms with Gasteiger partial charge >= 0.3 is 6.09 Å². The average Bonchev–Trinajstić information content (AvgIpc) is 3.10. The molecule has 2 aliphatic heterocycles. The van der Waals surface area contributed by atoms with Crippen molar-refractivity contribution in [1.82, 2.24) is 10.6 Å². The number of hydrogen-bond acceptors (Lipinski definition) is 7. The number of nitrogens with one attached hydrogen (secondary N) is 2. The number of para-hydroxylation sites is 1. The van der Waals surface area contributed by atoms with Gasteiger partial charge in [-0.1, -0.05) is 12.1 Å². The second kappa shape index (κ2) is 8.43. The van der Waals surface area contributed by atoms with Crippen molar-refractivity contribution in [3.05, 3.63) is 29.8 Å². The van der Waals surface area contributed by atoms with E-state index in [9.17, 15) is 19.2 Å². The molecule has 0 saturated carbocycles. The molecule has 2 N–H and O–H groups in total. The van der Waals surface area contributed by atoms with Gasteiger partial charge in [0.15, 0.2) is 11.9 Å². The first-order valence-corrected chi connectivity index (χ1v) is 9.73. The van der Waals surface area contributed by atoms with Crippen LogP contribution in [0.25, 0.3) is 0 Å². The quantitative estimate of drug-likeness (QED) is 0.798. The summed E-state index contributed by atoms with van der Waals surface area (Å²) in [7, 11) is 0. The zero-order valence-electron chi connectivity index (χ0n) is 14.7. The Morgan fingerprint density at radius 2 is 2.04 bits per heavy atom. The summed E-state index contributed by atoms with van der Waals surface area (Å²) in [6.45, 7) is 1.80. The second-order valence-corrected chi connectivity index (χ2v) is 7.38. The number of fused-ring (bicyclic) bond motifs is 1. The van der Waals surface area contributed by atoms with Crippen molar-refractivity contribution < 1.29 is 28.7 Å². The minimum Gasteiger partial charge on any atom is -0.479 e. The van der Waals surface area contributed by atoms with Gasteiger partial charge in [0.2, 0.25) is 5.91 Å². The van der Waals surface area contributed by atoms with E-state index in [4.69, 9.17) is 9.47 Å². The molecule has 0 bridgehead atoms. The Labute approximate surface area is 160 Å². The molecule has 0 radical (unpaired) electrons. The summed E-state index contributed by atoms with van der Waals surface area (Å²) in [5.74, 6) is -0.618. The van der Waals surface area contributed by atoms with Crippen LogP contribution in [0.5, 0.6) is 5.75 Å². The number of rotatable bonds is 4. The van der Waals surface area contributed by atoms with Crippen LogP contribution in [-0.4, -0.2) is 47.5 Å². The number of benzene rings is 1. The molecule has 3 rings (SSSR count). The van der Waals surface area contributed by atoms with Crippen LogP contribution in [0.4, 0.5) is 4.79 Å². The number of hydrogen-bond donors (Lipinski definition) is 2. The van der Waals surface area contributed by atoms with Crippen molar-refractivity contribution in [3.63, 3.8) is 0 Å². The van der Waals surface area contributed by atoms with Gasteiger partial charge < -0.3 is 14.8 Å². The maximum Gasteiger partial charge on any atom is 0.413 e. The molecule has 0 aromatic heterocycles. The predicted octanol–water partition coefficient (Wildman–Crippen LogP) is 1.49. The molecular weight excluding hydrogens is 372 g/mol. The predicted molar refractivity (Wildman–Crippen MR) is 97.5 cm³/mol. The lowest BCUT2D eigenvalue weighted by Gasteiger charge is -2.26. The van der Waals surface area contributed by atoms with Gasteiger partial charge in [0.1, 0.15) is 5.75 Å². The summed E-state index contributed by atoms with van der Waals surface area (Å²) in [6.07, 6.45) is -1.28. The number of carbonyl (C=O) groups is 4. The molecule has 2 aliphatic rings. The molecule has 1 aromatic rings. The van der Waals surface area contributed by atoms with Gasteiger partial charge in [0.05, 0.1) is 29.9 Å². The first kappa shape index (κ1) is 19.2. The summed E-state index contributed by atoms with van der Waals surface area (Å²) in [5.41, 5.74) is 0.462. The largest absolute Gasteiger partial charge is 0.479 e. The molecule has 2 heterocycles. The third kappa shape index (κ3) is 4.41. The Balaban J connectivity index is 1.61. The molecule has 3 atom stereocenters. The molecule has 3 amide bonds. The summed E-state index contributed by atoms with van der Waals surface area (Å²) < 4.78 is 10.4. The van der Waals surface area contributed by atoms with E-state index < -0.39 is 35.3 Å². The highest BCUT2D eigenvalue weighted by Gasteiger charge is 2.38. The van der Waals surface area contributed by atoms with Crippen molar-refractivity contribution in [2.75, 3.05) is 12.4 Å². The Kier molecular flexibility index (Phi) is 6.00. The van der Waals surface area contributed by atoms with E-state index in [0.717, 1.165) is 0 Å². The summed E-state index contributed by atoms with van der Waals surface area (Å²) in [5, 5.41) is 4.45. The first-order chi connectivity index (χ1) is 13.0. The second-order valence-electron chi connectivity index (χ2n) is 6.13. The lowest BCUT2D eigenvalue weighted by molar-refractivity contribution is -0.129. The molecule has 3 unspecified atom stereocenters. The van der Waals surface area contributed by atoms with E-state index >= 15 is 0 Å². The molecule has 8 nitrogen and oxygen atoms in total. The third-order valence-corrected chi connectivity index (χ3v) is 5.61. The summed E-state index contributed by atoms with van der Waals surface area (Å²) in [4.78, 5) is 48.5. The highest BCUT2D eigenvalue weighted by atomic mass is 32.2. The third-order valence-electron chi connectivity index (χ3n) is 4.33. The van der Waals surface area contributed by atoms with Crippen LogP contribution in [0.3, 0.4) is 0 Å². The molecule has 1 fully saturated rings. The van der Waals surface area contributed by atoms with Gasteiger partial charge in [-0.2, -0.15) is 0 Å². The molecule has 0 aliphatic carbocycles. The topological polar surface area (TPSA) is 111 Å². The van der Waals surface area contributed by atoms with Crippen LogP contribution in [-0.2, 0) is 14.3 Å². The van der Waals surface area contributed by atoms with Crippen molar-refractivity contribution in [3.8, 4) is 5.75 Å². The van der Waals surface area contributed by atoms with Crippen LogP contribution < -0.4 is 15.4 Å². The lowest BCUT2D eigenvalue weighted by Crippen LogP contribution is -2.49. The number of ketones is 1. The zero-order valence-corrected chi connectivity index (χ0v) is 15.5. The number of Topliss-reactive ketones (excluding diaryl/α,β-unsaturated/α-hetero) is 1.